The number of nitrogens with one attached hydrogen (secondary N) is 1. The number of hydrogen-bond donors (Lipinski definition) is 1. The van der Waals surface area contributed by atoms with Gasteiger partial charge in [0.15, 0.2) is 9.84 Å². The summed E-state index contributed by atoms with van der Waals surface area (Å²) in [6.07, 6.45) is 0.555. The van der Waals surface area contributed by atoms with E-state index < -0.39 is 9.84 Å². The molecule has 0 fully saturated rings. The fraction of sp³-hybridized carbons (Fsp3) is 0.625. The van der Waals surface area contributed by atoms with Gasteiger partial charge in [0.2, 0.25) is 5.91 Å². The molecule has 1 N–H and O–H groups in total. The van der Waals surface area contributed by atoms with Crippen LogP contribution in [0.4, 0.5) is 0 Å². The molecule has 0 saturated carbocycles. The van der Waals surface area contributed by atoms with Crippen LogP contribution in [0.25, 0.3) is 0 Å². The molecule has 0 radical (unpaired) electrons. The predicted molar refractivity (Wildman–Crippen MR) is 51.9 cm³/mol. The zero-order valence-electron chi connectivity index (χ0n) is 8.12. The van der Waals surface area contributed by atoms with Crippen LogP contribution < -0.4 is 5.32 Å². The molecule has 0 rings (SSSR count). The van der Waals surface area contributed by atoms with Crippen LogP contribution in [0.1, 0.15) is 20.3 Å². The van der Waals surface area contributed by atoms with Crippen LogP contribution in [0.3, 0.4) is 0 Å². The molecule has 0 atom stereocenters. The van der Waals surface area contributed by atoms with E-state index in [0.717, 1.165) is 5.41 Å². The maximum atomic E-state index is 11.2. The van der Waals surface area contributed by atoms with Crippen LogP contribution in [0.15, 0.2) is 11.0 Å². The van der Waals surface area contributed by atoms with Crippen molar-refractivity contribution in [1.82, 2.24) is 5.32 Å². The summed E-state index contributed by atoms with van der Waals surface area (Å²) < 4.78 is 22.4. The summed E-state index contributed by atoms with van der Waals surface area (Å²) >= 11 is 0. The first kappa shape index (κ1) is 12.2. The zero-order chi connectivity index (χ0) is 10.5. The van der Waals surface area contributed by atoms with Crippen molar-refractivity contribution in [3.05, 3.63) is 11.0 Å². The highest BCUT2D eigenvalue weighted by Crippen LogP contribution is 2.01. The van der Waals surface area contributed by atoms with Crippen LogP contribution in [-0.4, -0.2) is 27.1 Å². The minimum Gasteiger partial charge on any atom is -0.355 e. The predicted octanol–water partition coefficient (Wildman–Crippen LogP) is 0.461. The second kappa shape index (κ2) is 5.01. The molecule has 0 aliphatic carbocycles. The van der Waals surface area contributed by atoms with Crippen molar-refractivity contribution in [1.29, 1.82) is 0 Å². The molecule has 0 heterocycles. The minimum absolute atomic E-state index is 0.0847. The molecule has 0 saturated heterocycles. The van der Waals surface area contributed by atoms with E-state index >= 15 is 0 Å². The summed E-state index contributed by atoms with van der Waals surface area (Å²) in [5.74, 6) is -0.277. The highest BCUT2D eigenvalue weighted by molar-refractivity contribution is 7.94. The normalized spacial score (nSPS) is 12.7. The number of amides is 1. The summed E-state index contributed by atoms with van der Waals surface area (Å²) in [4.78, 5) is 10.9. The Morgan fingerprint density at radius 2 is 2.00 bits per heavy atom. The standard InChI is InChI=1S/C8H15NO3S/c1-4-5-13(11,12)6-7(2)8(10)9-3/h6H,4-5H2,1-3H3,(H,9,10). The molecular weight excluding hydrogens is 190 g/mol. The summed E-state index contributed by atoms with van der Waals surface area (Å²) in [7, 11) is -1.74. The van der Waals surface area contributed by atoms with Gasteiger partial charge < -0.3 is 5.32 Å². The number of sulfone groups is 1. The van der Waals surface area contributed by atoms with Crippen LogP contribution in [0.2, 0.25) is 0 Å². The van der Waals surface area contributed by atoms with Crippen LogP contribution in [0, 0.1) is 0 Å². The summed E-state index contributed by atoms with van der Waals surface area (Å²) in [5, 5.41) is 3.38. The Labute approximate surface area is 78.9 Å². The van der Waals surface area contributed by atoms with E-state index in [1.54, 1.807) is 6.92 Å². The Morgan fingerprint density at radius 3 is 2.38 bits per heavy atom. The van der Waals surface area contributed by atoms with Gasteiger partial charge in [-0.2, -0.15) is 0 Å². The summed E-state index contributed by atoms with van der Waals surface area (Å²) in [5.41, 5.74) is 0.218. The second-order valence-corrected chi connectivity index (χ2v) is 4.72. The van der Waals surface area contributed by atoms with Crippen molar-refractivity contribution in [3.63, 3.8) is 0 Å². The lowest BCUT2D eigenvalue weighted by atomic mass is 10.3. The smallest absolute Gasteiger partial charge is 0.247 e. The molecule has 76 valence electrons. The Balaban J connectivity index is 4.65. The molecule has 13 heavy (non-hydrogen) atoms. The van der Waals surface area contributed by atoms with Gasteiger partial charge in [0, 0.05) is 18.0 Å². The quantitative estimate of drug-likeness (QED) is 0.678. The number of likely N-dealkylation sites (N-methyl/N-ethyl adjacent to an activating group) is 1. The molecule has 0 aromatic heterocycles. The Bertz CT molecular complexity index is 303. The van der Waals surface area contributed by atoms with Crippen molar-refractivity contribution >= 4 is 15.7 Å². The molecule has 0 bridgehead atoms. The van der Waals surface area contributed by atoms with Gasteiger partial charge >= 0.3 is 0 Å². The van der Waals surface area contributed by atoms with E-state index in [-0.39, 0.29) is 17.2 Å². The third-order valence-electron chi connectivity index (χ3n) is 1.43. The number of carbonyl (C=O) groups excluding carboxylic acids is 1. The van der Waals surface area contributed by atoms with Crippen molar-refractivity contribution in [3.8, 4) is 0 Å². The molecule has 5 heteroatoms. The number of hydrogen-bond acceptors (Lipinski definition) is 3. The van der Waals surface area contributed by atoms with Crippen molar-refractivity contribution in [2.24, 2.45) is 0 Å². The topological polar surface area (TPSA) is 63.2 Å². The molecular formula is C8H15NO3S. The molecule has 0 aromatic rings. The van der Waals surface area contributed by atoms with Gasteiger partial charge in [-0.05, 0) is 13.3 Å². The van der Waals surface area contributed by atoms with Gasteiger partial charge in [-0.3, -0.25) is 4.79 Å². The van der Waals surface area contributed by atoms with Gasteiger partial charge in [-0.25, -0.2) is 8.42 Å². The van der Waals surface area contributed by atoms with E-state index in [4.69, 9.17) is 0 Å². The van der Waals surface area contributed by atoms with Crippen molar-refractivity contribution < 1.29 is 13.2 Å². The molecule has 0 aromatic carbocycles. The molecule has 0 aliphatic heterocycles. The molecule has 0 spiro atoms. The SMILES string of the molecule is CCCS(=O)(=O)C=C(C)C(=O)NC. The average molecular weight is 205 g/mol. The van der Waals surface area contributed by atoms with E-state index in [9.17, 15) is 13.2 Å². The van der Waals surface area contributed by atoms with Crippen LogP contribution in [-0.2, 0) is 14.6 Å². The highest BCUT2D eigenvalue weighted by Gasteiger charge is 2.09. The highest BCUT2D eigenvalue weighted by atomic mass is 32.2. The van der Waals surface area contributed by atoms with Crippen molar-refractivity contribution in [2.75, 3.05) is 12.8 Å². The summed E-state index contributed by atoms with van der Waals surface area (Å²) in [6.45, 7) is 3.26. The third kappa shape index (κ3) is 4.67. The zero-order valence-corrected chi connectivity index (χ0v) is 8.94. The van der Waals surface area contributed by atoms with E-state index in [0.29, 0.717) is 6.42 Å². The largest absolute Gasteiger partial charge is 0.355 e. The molecule has 4 nitrogen and oxygen atoms in total. The van der Waals surface area contributed by atoms with Gasteiger partial charge in [0.25, 0.3) is 0 Å². The van der Waals surface area contributed by atoms with E-state index in [2.05, 4.69) is 5.32 Å². The summed E-state index contributed by atoms with van der Waals surface area (Å²) in [6, 6.07) is 0. The molecule has 0 aliphatic rings. The Kier molecular flexibility index (Phi) is 4.69. The molecule has 0 unspecified atom stereocenters. The Hall–Kier alpha value is -0.840. The third-order valence-corrected chi connectivity index (χ3v) is 3.12. The Morgan fingerprint density at radius 1 is 1.46 bits per heavy atom. The number of rotatable bonds is 4. The van der Waals surface area contributed by atoms with E-state index in [1.807, 2.05) is 0 Å². The maximum Gasteiger partial charge on any atom is 0.247 e. The average Bonchev–Trinajstić information content (AvgIpc) is 2.01. The fourth-order valence-electron chi connectivity index (χ4n) is 0.863. The fourth-order valence-corrected chi connectivity index (χ4v) is 2.20. The monoisotopic (exact) mass is 205 g/mol. The second-order valence-electron chi connectivity index (χ2n) is 2.75. The lowest BCUT2D eigenvalue weighted by Gasteiger charge is -1.99. The van der Waals surface area contributed by atoms with E-state index in [1.165, 1.54) is 14.0 Å². The van der Waals surface area contributed by atoms with Crippen molar-refractivity contribution in [2.45, 2.75) is 20.3 Å². The van der Waals surface area contributed by atoms with Crippen LogP contribution in [0.5, 0.6) is 0 Å². The lowest BCUT2D eigenvalue weighted by Crippen LogP contribution is -2.19. The van der Waals surface area contributed by atoms with Gasteiger partial charge in [0.05, 0.1) is 5.75 Å². The van der Waals surface area contributed by atoms with Gasteiger partial charge in [-0.1, -0.05) is 6.92 Å². The molecule has 1 amide bonds. The number of carbonyl (C=O) groups is 1. The first-order chi connectivity index (χ1) is 5.93. The first-order valence-electron chi connectivity index (χ1n) is 4.06. The van der Waals surface area contributed by atoms with Crippen LogP contribution >= 0.6 is 0 Å². The van der Waals surface area contributed by atoms with Gasteiger partial charge in [0.1, 0.15) is 0 Å². The first-order valence-corrected chi connectivity index (χ1v) is 5.77. The maximum absolute atomic E-state index is 11.2. The lowest BCUT2D eigenvalue weighted by molar-refractivity contribution is -0.116. The van der Waals surface area contributed by atoms with Gasteiger partial charge in [-0.15, -0.1) is 0 Å². The minimum atomic E-state index is -3.21.